The molecule has 1 aliphatic heterocycles. The Balaban J connectivity index is 1.69. The number of amides is 1. The van der Waals surface area contributed by atoms with Crippen LogP contribution in [0.4, 0.5) is 0 Å². The fourth-order valence-electron chi connectivity index (χ4n) is 3.54. The summed E-state index contributed by atoms with van der Waals surface area (Å²) in [5, 5.41) is 7.70. The zero-order valence-corrected chi connectivity index (χ0v) is 15.2. The number of rotatable bonds is 6. The Kier molecular flexibility index (Phi) is 5.87. The highest BCUT2D eigenvalue weighted by molar-refractivity contribution is 5.78. The monoisotopic (exact) mass is 340 g/mol. The van der Waals surface area contributed by atoms with Gasteiger partial charge in [-0.25, -0.2) is 0 Å². The highest BCUT2D eigenvalue weighted by Crippen LogP contribution is 2.25. The van der Waals surface area contributed by atoms with Crippen molar-refractivity contribution in [2.24, 2.45) is 13.0 Å². The van der Waals surface area contributed by atoms with E-state index >= 15 is 0 Å². The van der Waals surface area contributed by atoms with Crippen molar-refractivity contribution in [1.82, 2.24) is 20.0 Å². The Morgan fingerprint density at radius 1 is 1.32 bits per heavy atom. The SMILES string of the molecule is CCCNC(=O)[C@@H]1CCCN(Cc2cn(C)nc2-c2ccccc2)C1. The van der Waals surface area contributed by atoms with Crippen LogP contribution in [0.3, 0.4) is 0 Å². The number of aryl methyl sites for hydroxylation is 1. The molecule has 5 nitrogen and oxygen atoms in total. The molecule has 1 amide bonds. The molecule has 1 atom stereocenters. The van der Waals surface area contributed by atoms with E-state index in [0.29, 0.717) is 0 Å². The third kappa shape index (κ3) is 4.48. The van der Waals surface area contributed by atoms with Crippen molar-refractivity contribution in [3.05, 3.63) is 42.1 Å². The van der Waals surface area contributed by atoms with Crippen molar-refractivity contribution in [3.8, 4) is 11.3 Å². The van der Waals surface area contributed by atoms with Gasteiger partial charge in [0.25, 0.3) is 0 Å². The van der Waals surface area contributed by atoms with E-state index in [9.17, 15) is 4.79 Å². The van der Waals surface area contributed by atoms with E-state index in [1.807, 2.05) is 29.9 Å². The molecular weight excluding hydrogens is 312 g/mol. The summed E-state index contributed by atoms with van der Waals surface area (Å²) in [5.41, 5.74) is 3.41. The maximum absolute atomic E-state index is 12.3. The van der Waals surface area contributed by atoms with Crippen LogP contribution < -0.4 is 5.32 Å². The molecule has 5 heteroatoms. The van der Waals surface area contributed by atoms with Crippen molar-refractivity contribution >= 4 is 5.91 Å². The Hall–Kier alpha value is -2.14. The number of carbonyl (C=O) groups is 1. The number of carbonyl (C=O) groups excluding carboxylic acids is 1. The number of hydrogen-bond acceptors (Lipinski definition) is 3. The molecule has 1 N–H and O–H groups in total. The maximum atomic E-state index is 12.3. The Labute approximate surface area is 150 Å². The Morgan fingerprint density at radius 2 is 2.12 bits per heavy atom. The highest BCUT2D eigenvalue weighted by atomic mass is 16.1. The quantitative estimate of drug-likeness (QED) is 0.880. The summed E-state index contributed by atoms with van der Waals surface area (Å²) >= 11 is 0. The van der Waals surface area contributed by atoms with Gasteiger partial charge in [0, 0.05) is 44.0 Å². The first-order valence-corrected chi connectivity index (χ1v) is 9.25. The zero-order valence-electron chi connectivity index (χ0n) is 15.2. The molecule has 1 fully saturated rings. The third-order valence-corrected chi connectivity index (χ3v) is 4.77. The summed E-state index contributed by atoms with van der Waals surface area (Å²) in [6, 6.07) is 10.3. The number of likely N-dealkylation sites (tertiary alicyclic amines) is 1. The molecule has 1 aliphatic rings. The second-order valence-electron chi connectivity index (χ2n) is 6.91. The summed E-state index contributed by atoms with van der Waals surface area (Å²) in [6.45, 7) is 5.58. The van der Waals surface area contributed by atoms with Crippen LogP contribution >= 0.6 is 0 Å². The molecule has 1 aromatic carbocycles. The predicted octanol–water partition coefficient (Wildman–Crippen LogP) is 2.83. The van der Waals surface area contributed by atoms with Crippen LogP contribution in [-0.2, 0) is 18.4 Å². The van der Waals surface area contributed by atoms with E-state index in [1.165, 1.54) is 5.56 Å². The van der Waals surface area contributed by atoms with Gasteiger partial charge in [0.15, 0.2) is 0 Å². The van der Waals surface area contributed by atoms with Crippen molar-refractivity contribution in [1.29, 1.82) is 0 Å². The number of nitrogens with zero attached hydrogens (tertiary/aromatic N) is 3. The van der Waals surface area contributed by atoms with Crippen LogP contribution in [0.25, 0.3) is 11.3 Å². The lowest BCUT2D eigenvalue weighted by atomic mass is 9.96. The fourth-order valence-corrected chi connectivity index (χ4v) is 3.54. The van der Waals surface area contributed by atoms with Gasteiger partial charge in [0.2, 0.25) is 5.91 Å². The van der Waals surface area contributed by atoms with Gasteiger partial charge in [0.05, 0.1) is 11.6 Å². The average molecular weight is 340 g/mol. The predicted molar refractivity (Wildman–Crippen MR) is 99.9 cm³/mol. The van der Waals surface area contributed by atoms with E-state index in [4.69, 9.17) is 0 Å². The number of piperidine rings is 1. The molecule has 0 bridgehead atoms. The van der Waals surface area contributed by atoms with E-state index in [0.717, 1.165) is 56.7 Å². The third-order valence-electron chi connectivity index (χ3n) is 4.77. The lowest BCUT2D eigenvalue weighted by molar-refractivity contribution is -0.126. The Morgan fingerprint density at radius 3 is 2.88 bits per heavy atom. The zero-order chi connectivity index (χ0) is 17.6. The molecule has 1 saturated heterocycles. The molecule has 3 rings (SSSR count). The van der Waals surface area contributed by atoms with Crippen LogP contribution in [0.2, 0.25) is 0 Å². The highest BCUT2D eigenvalue weighted by Gasteiger charge is 2.26. The molecule has 25 heavy (non-hydrogen) atoms. The van der Waals surface area contributed by atoms with Crippen LogP contribution in [-0.4, -0.2) is 40.2 Å². The normalized spacial score (nSPS) is 18.2. The number of aromatic nitrogens is 2. The second kappa shape index (κ2) is 8.30. The van der Waals surface area contributed by atoms with E-state index in [2.05, 4.69) is 40.6 Å². The van der Waals surface area contributed by atoms with Crippen LogP contribution in [0, 0.1) is 5.92 Å². The number of benzene rings is 1. The summed E-state index contributed by atoms with van der Waals surface area (Å²) in [5.74, 6) is 0.318. The molecule has 2 aromatic rings. The molecule has 0 aliphatic carbocycles. The first kappa shape index (κ1) is 17.7. The minimum Gasteiger partial charge on any atom is -0.356 e. The van der Waals surface area contributed by atoms with Gasteiger partial charge in [-0.3, -0.25) is 14.4 Å². The largest absolute Gasteiger partial charge is 0.356 e. The maximum Gasteiger partial charge on any atom is 0.224 e. The second-order valence-corrected chi connectivity index (χ2v) is 6.91. The number of nitrogens with one attached hydrogen (secondary N) is 1. The van der Waals surface area contributed by atoms with Gasteiger partial charge in [-0.15, -0.1) is 0 Å². The first-order chi connectivity index (χ1) is 12.2. The van der Waals surface area contributed by atoms with Crippen molar-refractivity contribution < 1.29 is 4.79 Å². The van der Waals surface area contributed by atoms with Gasteiger partial charge < -0.3 is 5.32 Å². The molecule has 0 saturated carbocycles. The molecule has 134 valence electrons. The Bertz CT molecular complexity index is 695. The van der Waals surface area contributed by atoms with Gasteiger partial charge in [0.1, 0.15) is 0 Å². The standard InChI is InChI=1S/C20H28N4O/c1-3-11-21-20(25)17-10-7-12-24(14-17)15-18-13-23(2)22-19(18)16-8-5-4-6-9-16/h4-6,8-9,13,17H,3,7,10-12,14-15H2,1-2H3,(H,21,25)/t17-/m1/s1. The summed E-state index contributed by atoms with van der Waals surface area (Å²) in [7, 11) is 1.97. The smallest absolute Gasteiger partial charge is 0.224 e. The molecule has 0 unspecified atom stereocenters. The minimum atomic E-state index is 0.108. The first-order valence-electron chi connectivity index (χ1n) is 9.25. The molecule has 0 radical (unpaired) electrons. The topological polar surface area (TPSA) is 50.2 Å². The van der Waals surface area contributed by atoms with Gasteiger partial charge in [-0.2, -0.15) is 5.10 Å². The van der Waals surface area contributed by atoms with Gasteiger partial charge >= 0.3 is 0 Å². The van der Waals surface area contributed by atoms with Crippen molar-refractivity contribution in [3.63, 3.8) is 0 Å². The van der Waals surface area contributed by atoms with Crippen LogP contribution in [0.5, 0.6) is 0 Å². The van der Waals surface area contributed by atoms with E-state index in [1.54, 1.807) is 0 Å². The molecule has 1 aromatic heterocycles. The molecule has 0 spiro atoms. The lowest BCUT2D eigenvalue weighted by Gasteiger charge is -2.31. The van der Waals surface area contributed by atoms with E-state index in [-0.39, 0.29) is 11.8 Å². The minimum absolute atomic E-state index is 0.108. The number of hydrogen-bond donors (Lipinski definition) is 1. The molecule has 2 heterocycles. The summed E-state index contributed by atoms with van der Waals surface area (Å²) < 4.78 is 1.88. The van der Waals surface area contributed by atoms with Crippen molar-refractivity contribution in [2.45, 2.75) is 32.7 Å². The van der Waals surface area contributed by atoms with Gasteiger partial charge in [-0.1, -0.05) is 37.3 Å². The van der Waals surface area contributed by atoms with Crippen LogP contribution in [0.1, 0.15) is 31.7 Å². The van der Waals surface area contributed by atoms with Crippen molar-refractivity contribution in [2.75, 3.05) is 19.6 Å². The van der Waals surface area contributed by atoms with Crippen LogP contribution in [0.15, 0.2) is 36.5 Å². The lowest BCUT2D eigenvalue weighted by Crippen LogP contribution is -2.42. The average Bonchev–Trinajstić information content (AvgIpc) is 3.01. The van der Waals surface area contributed by atoms with E-state index < -0.39 is 0 Å². The summed E-state index contributed by atoms with van der Waals surface area (Å²) in [4.78, 5) is 14.7. The fraction of sp³-hybridized carbons (Fsp3) is 0.500. The van der Waals surface area contributed by atoms with Gasteiger partial charge in [-0.05, 0) is 25.8 Å². The molecular formula is C20H28N4O. The summed E-state index contributed by atoms with van der Waals surface area (Å²) in [6.07, 6.45) is 5.15.